The number of hydrogen-bond acceptors (Lipinski definition) is 3. The van der Waals surface area contributed by atoms with Crippen molar-refractivity contribution in [2.24, 2.45) is 13.0 Å². The van der Waals surface area contributed by atoms with Crippen molar-refractivity contribution in [2.45, 2.75) is 39.2 Å². The molecular formula is C22H27N3O2. The van der Waals surface area contributed by atoms with Gasteiger partial charge >= 0.3 is 0 Å². The molecule has 5 nitrogen and oxygen atoms in total. The molecule has 0 saturated carbocycles. The molecule has 142 valence electrons. The van der Waals surface area contributed by atoms with Crippen LogP contribution < -0.4 is 4.74 Å². The van der Waals surface area contributed by atoms with Gasteiger partial charge in [0.2, 0.25) is 0 Å². The van der Waals surface area contributed by atoms with Gasteiger partial charge in [0, 0.05) is 26.6 Å². The Labute approximate surface area is 160 Å². The summed E-state index contributed by atoms with van der Waals surface area (Å²) in [6, 6.07) is 8.20. The molecule has 0 fully saturated rings. The van der Waals surface area contributed by atoms with Crippen LogP contribution in [0.2, 0.25) is 0 Å². The molecule has 1 aliphatic heterocycles. The minimum absolute atomic E-state index is 0.0596. The van der Waals surface area contributed by atoms with Gasteiger partial charge in [0.1, 0.15) is 11.4 Å². The lowest BCUT2D eigenvalue weighted by Crippen LogP contribution is -2.36. The number of fused-ring (bicyclic) bond motifs is 1. The Morgan fingerprint density at radius 2 is 2.22 bits per heavy atom. The van der Waals surface area contributed by atoms with Crippen molar-refractivity contribution in [1.29, 1.82) is 0 Å². The summed E-state index contributed by atoms with van der Waals surface area (Å²) >= 11 is 0. The van der Waals surface area contributed by atoms with Gasteiger partial charge in [-0.2, -0.15) is 5.10 Å². The molecule has 0 N–H and O–H groups in total. The van der Waals surface area contributed by atoms with Crippen molar-refractivity contribution in [3.8, 4) is 5.75 Å². The molecule has 2 heterocycles. The van der Waals surface area contributed by atoms with E-state index >= 15 is 0 Å². The van der Waals surface area contributed by atoms with Crippen molar-refractivity contribution in [3.63, 3.8) is 0 Å². The zero-order valence-electron chi connectivity index (χ0n) is 16.1. The van der Waals surface area contributed by atoms with E-state index in [1.807, 2.05) is 31.0 Å². The molecule has 1 aromatic carbocycles. The summed E-state index contributed by atoms with van der Waals surface area (Å²) in [5.74, 6) is 1.56. The van der Waals surface area contributed by atoms with E-state index in [2.05, 4.69) is 29.4 Å². The summed E-state index contributed by atoms with van der Waals surface area (Å²) in [4.78, 5) is 15.3. The number of ether oxygens (including phenoxy) is 1. The number of rotatable bonds is 5. The molecule has 0 spiro atoms. The summed E-state index contributed by atoms with van der Waals surface area (Å²) in [6.07, 6.45) is 8.74. The van der Waals surface area contributed by atoms with Gasteiger partial charge in [0.15, 0.2) is 0 Å². The Morgan fingerprint density at radius 1 is 1.33 bits per heavy atom. The number of aromatic nitrogens is 2. The molecule has 27 heavy (non-hydrogen) atoms. The number of carbonyl (C=O) groups is 1. The number of amides is 1. The lowest BCUT2D eigenvalue weighted by atomic mass is 9.93. The normalized spacial score (nSPS) is 18.2. The molecule has 0 saturated heterocycles. The Balaban J connectivity index is 1.58. The van der Waals surface area contributed by atoms with Crippen LogP contribution in [0.1, 0.15) is 46.6 Å². The van der Waals surface area contributed by atoms with Crippen molar-refractivity contribution in [3.05, 3.63) is 58.9 Å². The molecule has 1 aliphatic carbocycles. The van der Waals surface area contributed by atoms with Crippen molar-refractivity contribution >= 4 is 5.91 Å². The fourth-order valence-electron chi connectivity index (χ4n) is 4.08. The fraction of sp³-hybridized carbons (Fsp3) is 0.455. The van der Waals surface area contributed by atoms with Crippen molar-refractivity contribution in [2.75, 3.05) is 13.2 Å². The van der Waals surface area contributed by atoms with E-state index in [1.54, 1.807) is 4.68 Å². The lowest BCUT2D eigenvalue weighted by molar-refractivity contribution is 0.0699. The molecule has 1 unspecified atom stereocenters. The van der Waals surface area contributed by atoms with Crippen LogP contribution in [0.25, 0.3) is 0 Å². The molecule has 0 radical (unpaired) electrons. The van der Waals surface area contributed by atoms with E-state index in [0.717, 1.165) is 55.8 Å². The van der Waals surface area contributed by atoms with Gasteiger partial charge in [-0.25, -0.2) is 0 Å². The van der Waals surface area contributed by atoms with Crippen LogP contribution in [-0.2, 0) is 20.0 Å². The van der Waals surface area contributed by atoms with Crippen LogP contribution in [-0.4, -0.2) is 33.7 Å². The minimum atomic E-state index is 0.0596. The third-order valence-corrected chi connectivity index (χ3v) is 5.49. The summed E-state index contributed by atoms with van der Waals surface area (Å²) < 4.78 is 7.31. The van der Waals surface area contributed by atoms with Crippen LogP contribution in [0.4, 0.5) is 0 Å². The third kappa shape index (κ3) is 3.92. The van der Waals surface area contributed by atoms with E-state index in [9.17, 15) is 4.79 Å². The Morgan fingerprint density at radius 3 is 2.96 bits per heavy atom. The van der Waals surface area contributed by atoms with Crippen LogP contribution in [0.15, 0.2) is 36.4 Å². The molecular weight excluding hydrogens is 338 g/mol. The largest absolute Gasteiger partial charge is 0.493 e. The lowest BCUT2D eigenvalue weighted by Gasteiger charge is -2.28. The highest BCUT2D eigenvalue weighted by Gasteiger charge is 2.24. The maximum atomic E-state index is 13.3. The highest BCUT2D eigenvalue weighted by atomic mass is 16.5. The summed E-state index contributed by atoms with van der Waals surface area (Å²) in [5, 5.41) is 4.36. The number of nitrogens with zero attached hydrogens (tertiary/aromatic N) is 3. The maximum Gasteiger partial charge on any atom is 0.272 e. The average Bonchev–Trinajstić information content (AvgIpc) is 3.26. The monoisotopic (exact) mass is 365 g/mol. The fourth-order valence-corrected chi connectivity index (χ4v) is 4.08. The maximum absolute atomic E-state index is 13.3. The molecule has 0 bridgehead atoms. The van der Waals surface area contributed by atoms with Gasteiger partial charge in [-0.3, -0.25) is 9.48 Å². The molecule has 2 aliphatic rings. The quantitative estimate of drug-likeness (QED) is 0.760. The zero-order chi connectivity index (χ0) is 18.8. The Kier molecular flexibility index (Phi) is 5.01. The molecule has 5 heteroatoms. The number of benzene rings is 1. The standard InChI is InChI=1S/C22H27N3O2/c1-16-12-20(24(2)23-16)22(26)25(14-17-6-4-3-5-7-17)15-18-8-9-21-19(13-18)10-11-27-21/h3-4,8-9,12-13,17H,5-7,10-11,14-15H2,1-2H3. The van der Waals surface area contributed by atoms with Gasteiger partial charge in [0.25, 0.3) is 5.91 Å². The highest BCUT2D eigenvalue weighted by molar-refractivity contribution is 5.92. The summed E-state index contributed by atoms with van der Waals surface area (Å²) in [7, 11) is 1.84. The number of allylic oxidation sites excluding steroid dienone is 2. The van der Waals surface area contributed by atoms with Gasteiger partial charge in [-0.05, 0) is 55.4 Å². The van der Waals surface area contributed by atoms with Gasteiger partial charge in [0.05, 0.1) is 12.3 Å². The van der Waals surface area contributed by atoms with Crippen LogP contribution in [0, 0.1) is 12.8 Å². The first-order valence-corrected chi connectivity index (χ1v) is 9.79. The minimum Gasteiger partial charge on any atom is -0.493 e. The molecule has 1 amide bonds. The second kappa shape index (κ2) is 7.59. The third-order valence-electron chi connectivity index (χ3n) is 5.49. The topological polar surface area (TPSA) is 47.4 Å². The first kappa shape index (κ1) is 17.8. The van der Waals surface area contributed by atoms with E-state index in [0.29, 0.717) is 18.2 Å². The Hall–Kier alpha value is -2.56. The van der Waals surface area contributed by atoms with E-state index < -0.39 is 0 Å². The number of hydrogen-bond donors (Lipinski definition) is 0. The van der Waals surface area contributed by atoms with E-state index in [-0.39, 0.29) is 5.91 Å². The van der Waals surface area contributed by atoms with Crippen LogP contribution in [0.3, 0.4) is 0 Å². The van der Waals surface area contributed by atoms with Gasteiger partial charge in [-0.1, -0.05) is 24.3 Å². The zero-order valence-corrected chi connectivity index (χ0v) is 16.1. The molecule has 4 rings (SSSR count). The molecule has 1 atom stereocenters. The highest BCUT2D eigenvalue weighted by Crippen LogP contribution is 2.27. The van der Waals surface area contributed by atoms with Crippen LogP contribution >= 0.6 is 0 Å². The van der Waals surface area contributed by atoms with Gasteiger partial charge in [-0.15, -0.1) is 0 Å². The van der Waals surface area contributed by atoms with E-state index in [4.69, 9.17) is 4.74 Å². The summed E-state index contributed by atoms with van der Waals surface area (Å²) in [5.41, 5.74) is 3.94. The predicted octanol–water partition coefficient (Wildman–Crippen LogP) is 3.66. The first-order chi connectivity index (χ1) is 13.1. The predicted molar refractivity (Wildman–Crippen MR) is 105 cm³/mol. The second-order valence-corrected chi connectivity index (χ2v) is 7.67. The summed E-state index contributed by atoms with van der Waals surface area (Å²) in [6.45, 7) is 4.08. The first-order valence-electron chi connectivity index (χ1n) is 9.79. The number of carbonyl (C=O) groups excluding carboxylic acids is 1. The van der Waals surface area contributed by atoms with E-state index in [1.165, 1.54) is 5.56 Å². The van der Waals surface area contributed by atoms with Crippen molar-refractivity contribution in [1.82, 2.24) is 14.7 Å². The SMILES string of the molecule is Cc1cc(C(=O)N(Cc2ccc3c(c2)CCO3)CC2CC=CCC2)n(C)n1. The molecule has 1 aromatic heterocycles. The second-order valence-electron chi connectivity index (χ2n) is 7.67. The number of aryl methyl sites for hydroxylation is 2. The van der Waals surface area contributed by atoms with Crippen LogP contribution in [0.5, 0.6) is 5.75 Å². The Bertz CT molecular complexity index is 868. The van der Waals surface area contributed by atoms with Gasteiger partial charge < -0.3 is 9.64 Å². The average molecular weight is 365 g/mol. The smallest absolute Gasteiger partial charge is 0.272 e. The molecule has 2 aromatic rings. The van der Waals surface area contributed by atoms with Crippen molar-refractivity contribution < 1.29 is 9.53 Å².